The Morgan fingerprint density at radius 1 is 1.03 bits per heavy atom. The van der Waals surface area contributed by atoms with Crippen molar-refractivity contribution in [1.82, 2.24) is 26.6 Å². The highest BCUT2D eigenvalue weighted by Crippen LogP contribution is 2.33. The van der Waals surface area contributed by atoms with E-state index in [0.717, 1.165) is 12.8 Å². The van der Waals surface area contributed by atoms with Gasteiger partial charge < -0.3 is 31.4 Å². The van der Waals surface area contributed by atoms with Gasteiger partial charge in [0.05, 0.1) is 6.04 Å². The van der Waals surface area contributed by atoms with Crippen LogP contribution in [0.1, 0.15) is 66.7 Å². The van der Waals surface area contributed by atoms with Crippen molar-refractivity contribution in [1.29, 1.82) is 0 Å². The van der Waals surface area contributed by atoms with Crippen LogP contribution in [0.4, 0.5) is 4.79 Å². The third kappa shape index (κ3) is 9.01. The van der Waals surface area contributed by atoms with E-state index >= 15 is 0 Å². The minimum absolute atomic E-state index is 0.113. The molecule has 1 aliphatic carbocycles. The molecule has 4 atom stereocenters. The van der Waals surface area contributed by atoms with Crippen LogP contribution in [0.2, 0.25) is 0 Å². The monoisotopic (exact) mass is 465 g/mol. The van der Waals surface area contributed by atoms with E-state index in [9.17, 15) is 24.0 Å². The van der Waals surface area contributed by atoms with Gasteiger partial charge in [-0.05, 0) is 51.9 Å². The Hall–Kier alpha value is -2.65. The molecule has 2 aliphatic rings. The predicted octanol–water partition coefficient (Wildman–Crippen LogP) is 0.604. The zero-order valence-electron chi connectivity index (χ0n) is 20.3. The highest BCUT2D eigenvalue weighted by Gasteiger charge is 2.35. The molecule has 0 aromatic heterocycles. The molecule has 10 heteroatoms. The van der Waals surface area contributed by atoms with Crippen LogP contribution in [-0.4, -0.2) is 60.2 Å². The Bertz CT molecular complexity index is 744. The molecule has 5 amide bonds. The molecule has 10 nitrogen and oxygen atoms in total. The number of rotatable bonds is 11. The summed E-state index contributed by atoms with van der Waals surface area (Å²) >= 11 is 0. The number of nitrogens with one attached hydrogen (secondary N) is 5. The van der Waals surface area contributed by atoms with Crippen molar-refractivity contribution >= 4 is 30.0 Å². The Balaban J connectivity index is 2.02. The van der Waals surface area contributed by atoms with Gasteiger partial charge in [-0.2, -0.15) is 0 Å². The van der Waals surface area contributed by atoms with Gasteiger partial charge in [0.25, 0.3) is 0 Å². The van der Waals surface area contributed by atoms with Crippen molar-refractivity contribution in [2.45, 2.75) is 90.4 Å². The Morgan fingerprint density at radius 3 is 2.18 bits per heavy atom. The maximum absolute atomic E-state index is 13.0. The van der Waals surface area contributed by atoms with Gasteiger partial charge in [0.2, 0.25) is 17.7 Å². The molecule has 33 heavy (non-hydrogen) atoms. The molecule has 1 aliphatic heterocycles. The van der Waals surface area contributed by atoms with Crippen LogP contribution >= 0.6 is 0 Å². The van der Waals surface area contributed by atoms with Gasteiger partial charge in [-0.25, -0.2) is 4.79 Å². The maximum Gasteiger partial charge on any atom is 0.315 e. The topological polar surface area (TPSA) is 146 Å². The molecule has 0 spiro atoms. The van der Waals surface area contributed by atoms with E-state index < -0.39 is 41.5 Å². The van der Waals surface area contributed by atoms with Gasteiger partial charge in [0.1, 0.15) is 18.4 Å². The van der Waals surface area contributed by atoms with Gasteiger partial charge >= 0.3 is 6.03 Å². The summed E-state index contributed by atoms with van der Waals surface area (Å²) in [6.45, 7) is 9.71. The molecule has 2 rings (SSSR count). The summed E-state index contributed by atoms with van der Waals surface area (Å²) in [5.74, 6) is -1.19. The van der Waals surface area contributed by atoms with E-state index in [2.05, 4.69) is 26.6 Å². The molecule has 0 unspecified atom stereocenters. The van der Waals surface area contributed by atoms with E-state index in [4.69, 9.17) is 0 Å². The van der Waals surface area contributed by atoms with Gasteiger partial charge in [-0.1, -0.05) is 26.7 Å². The second-order valence-electron chi connectivity index (χ2n) is 10.6. The maximum atomic E-state index is 13.0. The zero-order chi connectivity index (χ0) is 24.8. The lowest BCUT2D eigenvalue weighted by atomic mass is 9.98. The predicted molar refractivity (Wildman–Crippen MR) is 123 cm³/mol. The fraction of sp³-hybridized carbons (Fsp3) is 0.783. The molecule has 0 radical (unpaired) electrons. The summed E-state index contributed by atoms with van der Waals surface area (Å²) in [5.41, 5.74) is -0.462. The first-order valence-corrected chi connectivity index (χ1v) is 11.8. The fourth-order valence-corrected chi connectivity index (χ4v) is 3.84. The van der Waals surface area contributed by atoms with E-state index in [1.807, 2.05) is 34.6 Å². The lowest BCUT2D eigenvalue weighted by molar-refractivity contribution is -0.131. The molecule has 5 N–H and O–H groups in total. The lowest BCUT2D eigenvalue weighted by Crippen LogP contribution is -2.59. The number of aldehydes is 1. The first kappa shape index (κ1) is 26.6. The van der Waals surface area contributed by atoms with Crippen molar-refractivity contribution in [2.75, 3.05) is 6.54 Å². The standard InChI is InChI=1S/C23H39N5O5/c1-13(2)18(27-22(33)28-23(3,4)5)21(32)26-17(10-14-6-7-14)20(31)25-16(12-29)11-15-8-9-24-19(15)30/h12-18H,6-11H2,1-5H3,(H,24,30)(H,25,31)(H,26,32)(H2,27,28,33)/t15-,16-,17-,18-/m0/s1. The van der Waals surface area contributed by atoms with Crippen LogP contribution in [0.5, 0.6) is 0 Å². The molecular formula is C23H39N5O5. The van der Waals surface area contributed by atoms with Crippen molar-refractivity contribution in [3.05, 3.63) is 0 Å². The second kappa shape index (κ2) is 11.5. The molecule has 186 valence electrons. The van der Waals surface area contributed by atoms with Crippen LogP contribution in [0, 0.1) is 17.8 Å². The minimum atomic E-state index is -0.828. The number of hydrogen-bond donors (Lipinski definition) is 5. The SMILES string of the molecule is CC(C)[C@H](NC(=O)NC(C)(C)C)C(=O)N[C@@H](CC1CC1)C(=O)N[C@H](C=O)C[C@@H]1CCNC1=O. The van der Waals surface area contributed by atoms with Crippen LogP contribution in [0.25, 0.3) is 0 Å². The van der Waals surface area contributed by atoms with E-state index in [1.165, 1.54) is 0 Å². The van der Waals surface area contributed by atoms with E-state index in [-0.39, 0.29) is 24.2 Å². The first-order valence-electron chi connectivity index (χ1n) is 11.8. The van der Waals surface area contributed by atoms with Gasteiger partial charge in [-0.3, -0.25) is 14.4 Å². The summed E-state index contributed by atoms with van der Waals surface area (Å²) in [5, 5.41) is 13.7. The molecule has 0 aromatic rings. The number of urea groups is 1. The Kier molecular flexibility index (Phi) is 9.25. The quantitative estimate of drug-likeness (QED) is 0.284. The third-order valence-corrected chi connectivity index (χ3v) is 5.82. The van der Waals surface area contributed by atoms with Crippen molar-refractivity contribution in [3.63, 3.8) is 0 Å². The average molecular weight is 466 g/mol. The summed E-state index contributed by atoms with van der Waals surface area (Å²) in [7, 11) is 0. The molecule has 2 fully saturated rings. The van der Waals surface area contributed by atoms with Crippen LogP contribution < -0.4 is 26.6 Å². The normalized spacial score (nSPS) is 20.9. The number of amides is 5. The Labute approximate surface area is 195 Å². The minimum Gasteiger partial charge on any atom is -0.356 e. The summed E-state index contributed by atoms with van der Waals surface area (Å²) in [6, 6.07) is -2.92. The third-order valence-electron chi connectivity index (χ3n) is 5.82. The molecule has 1 heterocycles. The van der Waals surface area contributed by atoms with Gasteiger partial charge in [0, 0.05) is 18.0 Å². The smallest absolute Gasteiger partial charge is 0.315 e. The largest absolute Gasteiger partial charge is 0.356 e. The van der Waals surface area contributed by atoms with E-state index in [1.54, 1.807) is 0 Å². The second-order valence-corrected chi connectivity index (χ2v) is 10.6. The fourth-order valence-electron chi connectivity index (χ4n) is 3.84. The summed E-state index contributed by atoms with van der Waals surface area (Å²) < 4.78 is 0. The summed E-state index contributed by atoms with van der Waals surface area (Å²) in [6.07, 6.45) is 3.92. The number of carbonyl (C=O) groups excluding carboxylic acids is 5. The first-order chi connectivity index (χ1) is 15.4. The van der Waals surface area contributed by atoms with Crippen molar-refractivity contribution < 1.29 is 24.0 Å². The molecule has 0 aromatic carbocycles. The average Bonchev–Trinajstić information content (AvgIpc) is 3.43. The Morgan fingerprint density at radius 2 is 1.70 bits per heavy atom. The van der Waals surface area contributed by atoms with Crippen LogP contribution in [0.3, 0.4) is 0 Å². The zero-order valence-corrected chi connectivity index (χ0v) is 20.3. The molecule has 1 saturated carbocycles. The lowest BCUT2D eigenvalue weighted by Gasteiger charge is -2.28. The highest BCUT2D eigenvalue weighted by atomic mass is 16.2. The van der Waals surface area contributed by atoms with Crippen molar-refractivity contribution in [3.8, 4) is 0 Å². The molecule has 1 saturated heterocycles. The number of hydrogen-bond acceptors (Lipinski definition) is 5. The molecular weight excluding hydrogens is 426 g/mol. The summed E-state index contributed by atoms with van der Waals surface area (Å²) in [4.78, 5) is 61.7. The van der Waals surface area contributed by atoms with E-state index in [0.29, 0.717) is 31.6 Å². The van der Waals surface area contributed by atoms with Crippen molar-refractivity contribution in [2.24, 2.45) is 17.8 Å². The molecule has 0 bridgehead atoms. The van der Waals surface area contributed by atoms with Gasteiger partial charge in [0.15, 0.2) is 0 Å². The van der Waals surface area contributed by atoms with Gasteiger partial charge in [-0.15, -0.1) is 0 Å². The number of carbonyl (C=O) groups is 5. The highest BCUT2D eigenvalue weighted by molar-refractivity contribution is 5.93. The van der Waals surface area contributed by atoms with Crippen LogP contribution in [0.15, 0.2) is 0 Å². The van der Waals surface area contributed by atoms with Crippen LogP contribution in [-0.2, 0) is 19.2 Å².